The molecule has 1 aliphatic heterocycles. The number of hydrogen-bond donors (Lipinski definition) is 1. The first-order valence-electron chi connectivity index (χ1n) is 8.37. The lowest BCUT2D eigenvalue weighted by atomic mass is 9.95. The van der Waals surface area contributed by atoms with Gasteiger partial charge in [0.2, 0.25) is 15.9 Å². The predicted molar refractivity (Wildman–Crippen MR) is 94.6 cm³/mol. The SMILES string of the molecule is CCNC(=O)C1CCN(C(=O)c2ccc(S(=O)(=O)N(C)C)cc2)CC1. The quantitative estimate of drug-likeness (QED) is 0.839. The highest BCUT2D eigenvalue weighted by atomic mass is 32.2. The first-order chi connectivity index (χ1) is 11.8. The predicted octanol–water partition coefficient (Wildman–Crippen LogP) is 0.925. The molecule has 0 aliphatic carbocycles. The maximum atomic E-state index is 12.6. The second-order valence-electron chi connectivity index (χ2n) is 6.27. The van der Waals surface area contributed by atoms with Gasteiger partial charge in [0.1, 0.15) is 0 Å². The van der Waals surface area contributed by atoms with Crippen LogP contribution in [0.3, 0.4) is 0 Å². The van der Waals surface area contributed by atoms with Gasteiger partial charge in [-0.15, -0.1) is 0 Å². The van der Waals surface area contributed by atoms with Crippen LogP contribution in [0, 0.1) is 5.92 Å². The molecule has 0 saturated carbocycles. The summed E-state index contributed by atoms with van der Waals surface area (Å²) in [6, 6.07) is 5.97. The van der Waals surface area contributed by atoms with Crippen molar-refractivity contribution in [2.24, 2.45) is 5.92 Å². The Bertz CT molecular complexity index is 721. The minimum atomic E-state index is -3.50. The lowest BCUT2D eigenvalue weighted by Crippen LogP contribution is -2.43. The second-order valence-corrected chi connectivity index (χ2v) is 8.42. The second kappa shape index (κ2) is 7.97. The van der Waals surface area contributed by atoms with Gasteiger partial charge >= 0.3 is 0 Å². The van der Waals surface area contributed by atoms with Gasteiger partial charge in [0, 0.05) is 45.2 Å². The minimum Gasteiger partial charge on any atom is -0.356 e. The molecule has 1 aliphatic rings. The molecule has 2 rings (SSSR count). The van der Waals surface area contributed by atoms with E-state index in [-0.39, 0.29) is 22.6 Å². The van der Waals surface area contributed by atoms with Crippen molar-refractivity contribution in [1.29, 1.82) is 0 Å². The van der Waals surface area contributed by atoms with Crippen molar-refractivity contribution < 1.29 is 18.0 Å². The molecule has 7 nitrogen and oxygen atoms in total. The van der Waals surface area contributed by atoms with Crippen molar-refractivity contribution in [3.63, 3.8) is 0 Å². The van der Waals surface area contributed by atoms with Crippen LogP contribution in [0.5, 0.6) is 0 Å². The standard InChI is InChI=1S/C17H25N3O4S/c1-4-18-16(21)13-9-11-20(12-10-13)17(22)14-5-7-15(8-6-14)25(23,24)19(2)3/h5-8,13H,4,9-12H2,1-3H3,(H,18,21). The largest absolute Gasteiger partial charge is 0.356 e. The third kappa shape index (κ3) is 4.38. The zero-order chi connectivity index (χ0) is 18.6. The van der Waals surface area contributed by atoms with Gasteiger partial charge in [0.15, 0.2) is 0 Å². The molecule has 2 amide bonds. The smallest absolute Gasteiger partial charge is 0.253 e. The van der Waals surface area contributed by atoms with E-state index in [2.05, 4.69) is 5.32 Å². The molecule has 1 aromatic rings. The summed E-state index contributed by atoms with van der Waals surface area (Å²) < 4.78 is 25.3. The summed E-state index contributed by atoms with van der Waals surface area (Å²) in [7, 11) is -0.572. The number of sulfonamides is 1. The highest BCUT2D eigenvalue weighted by Crippen LogP contribution is 2.20. The van der Waals surface area contributed by atoms with Gasteiger partial charge in [-0.3, -0.25) is 9.59 Å². The average Bonchev–Trinajstić information content (AvgIpc) is 2.61. The van der Waals surface area contributed by atoms with Crippen LogP contribution in [0.4, 0.5) is 0 Å². The molecule has 0 atom stereocenters. The van der Waals surface area contributed by atoms with Crippen LogP contribution in [-0.2, 0) is 14.8 Å². The lowest BCUT2D eigenvalue weighted by Gasteiger charge is -2.31. The Hall–Kier alpha value is -1.93. The summed E-state index contributed by atoms with van der Waals surface area (Å²) in [5, 5.41) is 2.82. The molecule has 0 aromatic heterocycles. The molecule has 138 valence electrons. The summed E-state index contributed by atoms with van der Waals surface area (Å²) in [6.07, 6.45) is 1.29. The topological polar surface area (TPSA) is 86.8 Å². The van der Waals surface area contributed by atoms with E-state index in [0.29, 0.717) is 38.0 Å². The van der Waals surface area contributed by atoms with Crippen LogP contribution in [0.15, 0.2) is 29.2 Å². The molecule has 1 fully saturated rings. The summed E-state index contributed by atoms with van der Waals surface area (Å²) in [5.41, 5.74) is 0.453. The van der Waals surface area contributed by atoms with E-state index in [1.165, 1.54) is 38.4 Å². The molecule has 0 unspecified atom stereocenters. The maximum Gasteiger partial charge on any atom is 0.253 e. The fraction of sp³-hybridized carbons (Fsp3) is 0.529. The highest BCUT2D eigenvalue weighted by Gasteiger charge is 2.27. The number of amides is 2. The van der Waals surface area contributed by atoms with Crippen molar-refractivity contribution in [3.8, 4) is 0 Å². The molecular formula is C17H25N3O4S. The number of piperidine rings is 1. The number of likely N-dealkylation sites (tertiary alicyclic amines) is 1. The van der Waals surface area contributed by atoms with Crippen molar-refractivity contribution in [2.45, 2.75) is 24.7 Å². The van der Waals surface area contributed by atoms with Crippen LogP contribution in [0.25, 0.3) is 0 Å². The number of hydrogen-bond acceptors (Lipinski definition) is 4. The third-order valence-corrected chi connectivity index (χ3v) is 6.21. The van der Waals surface area contributed by atoms with Crippen LogP contribution < -0.4 is 5.32 Å². The molecule has 0 bridgehead atoms. The molecule has 1 N–H and O–H groups in total. The number of nitrogens with zero attached hydrogens (tertiary/aromatic N) is 2. The summed E-state index contributed by atoms with van der Waals surface area (Å²) >= 11 is 0. The van der Waals surface area contributed by atoms with E-state index in [4.69, 9.17) is 0 Å². The summed E-state index contributed by atoms with van der Waals surface area (Å²) in [4.78, 5) is 26.3. The van der Waals surface area contributed by atoms with E-state index in [1.54, 1.807) is 4.90 Å². The first-order valence-corrected chi connectivity index (χ1v) is 9.81. The fourth-order valence-corrected chi connectivity index (χ4v) is 3.73. The van der Waals surface area contributed by atoms with E-state index in [0.717, 1.165) is 4.31 Å². The van der Waals surface area contributed by atoms with E-state index >= 15 is 0 Å². The van der Waals surface area contributed by atoms with Gasteiger partial charge in [-0.05, 0) is 44.0 Å². The molecule has 0 spiro atoms. The molecule has 8 heteroatoms. The van der Waals surface area contributed by atoms with Gasteiger partial charge in [0.25, 0.3) is 5.91 Å². The Morgan fingerprint density at radius 3 is 2.20 bits per heavy atom. The Morgan fingerprint density at radius 1 is 1.16 bits per heavy atom. The Balaban J connectivity index is 2.01. The third-order valence-electron chi connectivity index (χ3n) is 4.38. The average molecular weight is 367 g/mol. The van der Waals surface area contributed by atoms with Crippen LogP contribution >= 0.6 is 0 Å². The number of carbonyl (C=O) groups is 2. The Labute approximate surface area is 149 Å². The zero-order valence-electron chi connectivity index (χ0n) is 14.9. The van der Waals surface area contributed by atoms with E-state index in [1.807, 2.05) is 6.92 Å². The van der Waals surface area contributed by atoms with E-state index < -0.39 is 10.0 Å². The molecule has 1 saturated heterocycles. The minimum absolute atomic E-state index is 0.0448. The number of carbonyl (C=O) groups excluding carboxylic acids is 2. The number of rotatable bonds is 5. The van der Waals surface area contributed by atoms with Gasteiger partial charge in [-0.2, -0.15) is 0 Å². The lowest BCUT2D eigenvalue weighted by molar-refractivity contribution is -0.126. The van der Waals surface area contributed by atoms with E-state index in [9.17, 15) is 18.0 Å². The molecular weight excluding hydrogens is 342 g/mol. The molecule has 1 heterocycles. The molecule has 25 heavy (non-hydrogen) atoms. The van der Waals surface area contributed by atoms with Crippen LogP contribution in [-0.4, -0.2) is 63.2 Å². The number of nitrogens with one attached hydrogen (secondary N) is 1. The van der Waals surface area contributed by atoms with Gasteiger partial charge in [-0.25, -0.2) is 12.7 Å². The van der Waals surface area contributed by atoms with Gasteiger partial charge < -0.3 is 10.2 Å². The fourth-order valence-electron chi connectivity index (χ4n) is 2.83. The van der Waals surface area contributed by atoms with Gasteiger partial charge in [0.05, 0.1) is 4.90 Å². The van der Waals surface area contributed by atoms with Crippen LogP contribution in [0.2, 0.25) is 0 Å². The zero-order valence-corrected chi connectivity index (χ0v) is 15.7. The normalized spacial score (nSPS) is 16.1. The Morgan fingerprint density at radius 2 is 1.72 bits per heavy atom. The Kier molecular flexibility index (Phi) is 6.18. The van der Waals surface area contributed by atoms with Crippen molar-refractivity contribution in [2.75, 3.05) is 33.7 Å². The van der Waals surface area contributed by atoms with Crippen molar-refractivity contribution >= 4 is 21.8 Å². The van der Waals surface area contributed by atoms with Crippen molar-refractivity contribution in [3.05, 3.63) is 29.8 Å². The van der Waals surface area contributed by atoms with Crippen LogP contribution in [0.1, 0.15) is 30.1 Å². The summed E-state index contributed by atoms with van der Waals surface area (Å²) in [5.74, 6) is -0.132. The first kappa shape index (κ1) is 19.4. The monoisotopic (exact) mass is 367 g/mol. The summed E-state index contributed by atoms with van der Waals surface area (Å²) in [6.45, 7) is 3.55. The highest BCUT2D eigenvalue weighted by molar-refractivity contribution is 7.89. The van der Waals surface area contributed by atoms with Crippen molar-refractivity contribution in [1.82, 2.24) is 14.5 Å². The molecule has 0 radical (unpaired) electrons. The van der Waals surface area contributed by atoms with Gasteiger partial charge in [-0.1, -0.05) is 0 Å². The maximum absolute atomic E-state index is 12.6. The number of benzene rings is 1. The molecule has 1 aromatic carbocycles.